The van der Waals surface area contributed by atoms with Crippen LogP contribution in [0.2, 0.25) is 0 Å². The number of nitrogens with zero attached hydrogens (tertiary/aromatic N) is 2. The van der Waals surface area contributed by atoms with Gasteiger partial charge in [0, 0.05) is 37.8 Å². The van der Waals surface area contributed by atoms with E-state index in [-0.39, 0.29) is 0 Å². The van der Waals surface area contributed by atoms with Crippen LogP contribution in [0, 0.1) is 0 Å². The van der Waals surface area contributed by atoms with Crippen LogP contribution in [0.3, 0.4) is 0 Å². The summed E-state index contributed by atoms with van der Waals surface area (Å²) in [6.07, 6.45) is 1.11. The molecule has 0 aromatic carbocycles. The molecule has 2 rings (SSSR count). The van der Waals surface area contributed by atoms with E-state index in [1.54, 1.807) is 0 Å². The summed E-state index contributed by atoms with van der Waals surface area (Å²) >= 11 is 1.84. The molecular weight excluding hydrogens is 182 g/mol. The Morgan fingerprint density at radius 2 is 2.46 bits per heavy atom. The Hall–Kier alpha value is -0.480. The molecule has 0 atom stereocenters. The summed E-state index contributed by atoms with van der Waals surface area (Å²) in [4.78, 5) is 0. The van der Waals surface area contributed by atoms with Crippen molar-refractivity contribution in [1.82, 2.24) is 15.1 Å². The number of fused-ring (bicyclic) bond motifs is 1. The average Bonchev–Trinajstić information content (AvgIpc) is 2.46. The van der Waals surface area contributed by atoms with E-state index >= 15 is 0 Å². The van der Waals surface area contributed by atoms with Crippen molar-refractivity contribution in [2.75, 3.05) is 12.3 Å². The molecule has 1 aliphatic rings. The molecule has 13 heavy (non-hydrogen) atoms. The molecular formula is C9H15N3S. The quantitative estimate of drug-likeness (QED) is 0.722. The van der Waals surface area contributed by atoms with Crippen molar-refractivity contribution in [1.29, 1.82) is 0 Å². The summed E-state index contributed by atoms with van der Waals surface area (Å²) in [6, 6.07) is 0. The number of rotatable bonds is 2. The Morgan fingerprint density at radius 1 is 1.62 bits per heavy atom. The summed E-state index contributed by atoms with van der Waals surface area (Å²) in [6.45, 7) is 4.25. The SMILES string of the molecule is CCSc1nn(C)c2c1CNCC2. The van der Waals surface area contributed by atoms with Gasteiger partial charge in [-0.05, 0) is 5.75 Å². The molecule has 0 unspecified atom stereocenters. The molecule has 1 aliphatic heterocycles. The predicted molar refractivity (Wildman–Crippen MR) is 55.0 cm³/mol. The molecule has 4 heteroatoms. The van der Waals surface area contributed by atoms with E-state index in [1.165, 1.54) is 16.3 Å². The molecule has 0 fully saturated rings. The number of hydrogen-bond acceptors (Lipinski definition) is 3. The average molecular weight is 197 g/mol. The fraction of sp³-hybridized carbons (Fsp3) is 0.667. The van der Waals surface area contributed by atoms with Crippen LogP contribution in [0.1, 0.15) is 18.2 Å². The number of hydrogen-bond donors (Lipinski definition) is 1. The summed E-state index contributed by atoms with van der Waals surface area (Å²) in [5.41, 5.74) is 2.83. The summed E-state index contributed by atoms with van der Waals surface area (Å²) in [5, 5.41) is 9.12. The molecule has 0 saturated carbocycles. The lowest BCUT2D eigenvalue weighted by Crippen LogP contribution is -2.24. The Morgan fingerprint density at radius 3 is 3.23 bits per heavy atom. The van der Waals surface area contributed by atoms with Crippen LogP contribution < -0.4 is 5.32 Å². The van der Waals surface area contributed by atoms with Gasteiger partial charge >= 0.3 is 0 Å². The maximum absolute atomic E-state index is 4.52. The van der Waals surface area contributed by atoms with Gasteiger partial charge in [0.05, 0.1) is 0 Å². The third-order valence-electron chi connectivity index (χ3n) is 2.36. The first-order chi connectivity index (χ1) is 6.33. The van der Waals surface area contributed by atoms with Crippen molar-refractivity contribution in [2.45, 2.75) is 24.9 Å². The second kappa shape index (κ2) is 3.72. The van der Waals surface area contributed by atoms with Crippen LogP contribution in [0.4, 0.5) is 0 Å². The van der Waals surface area contributed by atoms with Crippen LogP contribution >= 0.6 is 11.8 Å². The minimum Gasteiger partial charge on any atom is -0.312 e. The van der Waals surface area contributed by atoms with Crippen LogP contribution in [0.5, 0.6) is 0 Å². The highest BCUT2D eigenvalue weighted by Crippen LogP contribution is 2.25. The second-order valence-corrected chi connectivity index (χ2v) is 4.47. The van der Waals surface area contributed by atoms with Gasteiger partial charge in [0.15, 0.2) is 0 Å². The minimum absolute atomic E-state index is 0.992. The van der Waals surface area contributed by atoms with Crippen LogP contribution in [0.25, 0.3) is 0 Å². The molecule has 1 aromatic rings. The maximum Gasteiger partial charge on any atom is 0.123 e. The Labute approximate surface area is 82.9 Å². The largest absolute Gasteiger partial charge is 0.312 e. The molecule has 0 saturated heterocycles. The Balaban J connectivity index is 2.36. The first kappa shape index (κ1) is 9.09. The third kappa shape index (κ3) is 1.60. The van der Waals surface area contributed by atoms with Gasteiger partial charge in [-0.1, -0.05) is 6.92 Å². The molecule has 3 nitrogen and oxygen atoms in total. The maximum atomic E-state index is 4.52. The van der Waals surface area contributed by atoms with Gasteiger partial charge in [0.1, 0.15) is 5.03 Å². The van der Waals surface area contributed by atoms with E-state index in [1.807, 2.05) is 23.5 Å². The summed E-state index contributed by atoms with van der Waals surface area (Å²) in [7, 11) is 2.05. The second-order valence-electron chi connectivity index (χ2n) is 3.21. The molecule has 1 aromatic heterocycles. The highest BCUT2D eigenvalue weighted by molar-refractivity contribution is 7.99. The van der Waals surface area contributed by atoms with Gasteiger partial charge in [-0.15, -0.1) is 11.8 Å². The molecule has 2 heterocycles. The van der Waals surface area contributed by atoms with E-state index in [9.17, 15) is 0 Å². The van der Waals surface area contributed by atoms with Crippen molar-refractivity contribution in [2.24, 2.45) is 7.05 Å². The highest BCUT2D eigenvalue weighted by atomic mass is 32.2. The zero-order valence-corrected chi connectivity index (χ0v) is 8.95. The van der Waals surface area contributed by atoms with E-state index in [2.05, 4.69) is 17.3 Å². The predicted octanol–water partition coefficient (Wildman–Crippen LogP) is 1.18. The van der Waals surface area contributed by atoms with Crippen LogP contribution in [0.15, 0.2) is 5.03 Å². The monoisotopic (exact) mass is 197 g/mol. The highest BCUT2D eigenvalue weighted by Gasteiger charge is 2.18. The summed E-state index contributed by atoms with van der Waals surface area (Å²) < 4.78 is 2.04. The lowest BCUT2D eigenvalue weighted by molar-refractivity contribution is 0.604. The number of aromatic nitrogens is 2. The van der Waals surface area contributed by atoms with Gasteiger partial charge in [0.25, 0.3) is 0 Å². The van der Waals surface area contributed by atoms with Crippen LogP contribution in [-0.4, -0.2) is 22.1 Å². The summed E-state index contributed by atoms with van der Waals surface area (Å²) in [5.74, 6) is 1.10. The van der Waals surface area contributed by atoms with E-state index in [0.29, 0.717) is 0 Å². The van der Waals surface area contributed by atoms with Gasteiger partial charge in [-0.3, -0.25) is 4.68 Å². The topological polar surface area (TPSA) is 29.9 Å². The van der Waals surface area contributed by atoms with Gasteiger partial charge < -0.3 is 5.32 Å². The zero-order chi connectivity index (χ0) is 9.26. The molecule has 0 spiro atoms. The molecule has 1 N–H and O–H groups in total. The molecule has 0 amide bonds. The molecule has 0 bridgehead atoms. The Kier molecular flexibility index (Phi) is 2.60. The van der Waals surface area contributed by atoms with E-state index in [4.69, 9.17) is 0 Å². The number of nitrogens with one attached hydrogen (secondary N) is 1. The van der Waals surface area contributed by atoms with E-state index in [0.717, 1.165) is 25.3 Å². The van der Waals surface area contributed by atoms with Crippen LogP contribution in [-0.2, 0) is 20.0 Å². The first-order valence-corrected chi connectivity index (χ1v) is 5.69. The van der Waals surface area contributed by atoms with Crippen molar-refractivity contribution in [3.05, 3.63) is 11.3 Å². The van der Waals surface area contributed by atoms with Crippen molar-refractivity contribution in [3.8, 4) is 0 Å². The first-order valence-electron chi connectivity index (χ1n) is 4.71. The van der Waals surface area contributed by atoms with Crippen molar-refractivity contribution in [3.63, 3.8) is 0 Å². The lowest BCUT2D eigenvalue weighted by atomic mass is 10.1. The fourth-order valence-electron chi connectivity index (χ4n) is 1.74. The van der Waals surface area contributed by atoms with Gasteiger partial charge in [-0.2, -0.15) is 5.10 Å². The van der Waals surface area contributed by atoms with E-state index < -0.39 is 0 Å². The van der Waals surface area contributed by atoms with Crippen molar-refractivity contribution >= 4 is 11.8 Å². The normalized spacial score (nSPS) is 15.8. The Bertz CT molecular complexity index is 306. The third-order valence-corrected chi connectivity index (χ3v) is 3.25. The van der Waals surface area contributed by atoms with Gasteiger partial charge in [-0.25, -0.2) is 0 Å². The van der Waals surface area contributed by atoms with Gasteiger partial charge in [0.2, 0.25) is 0 Å². The molecule has 0 radical (unpaired) electrons. The zero-order valence-electron chi connectivity index (χ0n) is 8.13. The minimum atomic E-state index is 0.992. The number of aryl methyl sites for hydroxylation is 1. The number of thioether (sulfide) groups is 1. The molecule has 72 valence electrons. The molecule has 0 aliphatic carbocycles. The standard InChI is InChI=1S/C9H15N3S/c1-3-13-9-7-6-10-5-4-8(7)12(2)11-9/h10H,3-6H2,1-2H3. The lowest BCUT2D eigenvalue weighted by Gasteiger charge is -2.13. The fourth-order valence-corrected chi connectivity index (χ4v) is 2.56. The smallest absolute Gasteiger partial charge is 0.123 e. The van der Waals surface area contributed by atoms with Crippen molar-refractivity contribution < 1.29 is 0 Å².